The number of nitrogens with zero attached hydrogens (tertiary/aromatic N) is 2. The molecule has 3 rings (SSSR count). The van der Waals surface area contributed by atoms with Crippen LogP contribution in [0.25, 0.3) is 5.57 Å². The lowest BCUT2D eigenvalue weighted by Gasteiger charge is -2.28. The van der Waals surface area contributed by atoms with Gasteiger partial charge >= 0.3 is 6.09 Å². The zero-order valence-corrected chi connectivity index (χ0v) is 13.6. The molecule has 1 fully saturated rings. The van der Waals surface area contributed by atoms with Crippen molar-refractivity contribution in [3.63, 3.8) is 0 Å². The van der Waals surface area contributed by atoms with Gasteiger partial charge < -0.3 is 4.74 Å². The monoisotopic (exact) mass is 366 g/mol. The van der Waals surface area contributed by atoms with Crippen LogP contribution >= 0.6 is 15.9 Å². The number of hydrogen-bond donors (Lipinski definition) is 0. The predicted molar refractivity (Wildman–Crippen MR) is 84.4 cm³/mol. The van der Waals surface area contributed by atoms with Crippen LogP contribution in [0.3, 0.4) is 0 Å². The van der Waals surface area contributed by atoms with Gasteiger partial charge in [0.1, 0.15) is 0 Å². The molecule has 2 atom stereocenters. The fourth-order valence-electron chi connectivity index (χ4n) is 3.36. The molecule has 0 aromatic carbocycles. The predicted octanol–water partition coefficient (Wildman–Crippen LogP) is 4.27. The number of halogens is 2. The highest BCUT2D eigenvalue weighted by atomic mass is 79.9. The Morgan fingerprint density at radius 2 is 2.32 bits per heavy atom. The van der Waals surface area contributed by atoms with E-state index in [4.69, 9.17) is 4.74 Å². The van der Waals surface area contributed by atoms with Gasteiger partial charge in [-0.25, -0.2) is 9.78 Å². The SMILES string of the molecule is C=COC(=O)N1[C@@H]2CCC=C(c3cc(Br)cnc3F)[C@H]1CC2. The third-order valence-corrected chi connectivity index (χ3v) is 4.67. The fourth-order valence-corrected chi connectivity index (χ4v) is 3.69. The molecule has 1 amide bonds. The molecule has 116 valence electrons. The van der Waals surface area contributed by atoms with E-state index in [-0.39, 0.29) is 12.1 Å². The summed E-state index contributed by atoms with van der Waals surface area (Å²) < 4.78 is 19.8. The molecular weight excluding hydrogens is 351 g/mol. The first-order valence-electron chi connectivity index (χ1n) is 7.23. The fraction of sp³-hybridized carbons (Fsp3) is 0.375. The van der Waals surface area contributed by atoms with E-state index in [1.807, 2.05) is 6.08 Å². The molecule has 1 saturated heterocycles. The summed E-state index contributed by atoms with van der Waals surface area (Å²) in [4.78, 5) is 17.7. The number of allylic oxidation sites excluding steroid dienone is 1. The van der Waals surface area contributed by atoms with Gasteiger partial charge in [0.2, 0.25) is 5.95 Å². The highest BCUT2D eigenvalue weighted by molar-refractivity contribution is 9.10. The van der Waals surface area contributed by atoms with E-state index < -0.39 is 12.0 Å². The summed E-state index contributed by atoms with van der Waals surface area (Å²) in [6, 6.07) is 1.67. The Morgan fingerprint density at radius 1 is 1.50 bits per heavy atom. The van der Waals surface area contributed by atoms with Crippen molar-refractivity contribution in [2.24, 2.45) is 0 Å². The van der Waals surface area contributed by atoms with Gasteiger partial charge in [0, 0.05) is 22.3 Å². The summed E-state index contributed by atoms with van der Waals surface area (Å²) >= 11 is 3.33. The second-order valence-corrected chi connectivity index (χ2v) is 6.35. The summed E-state index contributed by atoms with van der Waals surface area (Å²) in [7, 11) is 0. The third-order valence-electron chi connectivity index (χ3n) is 4.24. The Kier molecular flexibility index (Phi) is 4.29. The number of amides is 1. The van der Waals surface area contributed by atoms with Crippen molar-refractivity contribution in [2.45, 2.75) is 37.8 Å². The zero-order valence-electron chi connectivity index (χ0n) is 12.0. The lowest BCUT2D eigenvalue weighted by molar-refractivity contribution is 0.123. The molecule has 22 heavy (non-hydrogen) atoms. The lowest BCUT2D eigenvalue weighted by Crippen LogP contribution is -2.40. The largest absolute Gasteiger partial charge is 0.419 e. The smallest absolute Gasteiger partial charge is 0.415 e. The van der Waals surface area contributed by atoms with Crippen LogP contribution in [0.4, 0.5) is 9.18 Å². The summed E-state index contributed by atoms with van der Waals surface area (Å²) in [5.41, 5.74) is 1.26. The van der Waals surface area contributed by atoms with Crippen molar-refractivity contribution in [1.29, 1.82) is 0 Å². The van der Waals surface area contributed by atoms with Crippen LogP contribution in [0, 0.1) is 5.95 Å². The van der Waals surface area contributed by atoms with Crippen LogP contribution in [0.15, 0.2) is 35.7 Å². The van der Waals surface area contributed by atoms with Gasteiger partial charge in [-0.05, 0) is 53.3 Å². The van der Waals surface area contributed by atoms with Crippen LogP contribution in [0.2, 0.25) is 0 Å². The molecule has 0 spiro atoms. The van der Waals surface area contributed by atoms with Crippen LogP contribution < -0.4 is 0 Å². The summed E-state index contributed by atoms with van der Waals surface area (Å²) in [5.74, 6) is -0.517. The van der Waals surface area contributed by atoms with E-state index in [2.05, 4.69) is 27.5 Å². The van der Waals surface area contributed by atoms with Crippen LogP contribution in [-0.4, -0.2) is 28.1 Å². The first-order valence-corrected chi connectivity index (χ1v) is 8.02. The van der Waals surface area contributed by atoms with Gasteiger partial charge in [-0.3, -0.25) is 4.90 Å². The van der Waals surface area contributed by atoms with Crippen molar-refractivity contribution >= 4 is 27.6 Å². The Bertz CT molecular complexity index is 647. The number of carbonyl (C=O) groups excluding carboxylic acids is 1. The topological polar surface area (TPSA) is 42.4 Å². The minimum Gasteiger partial charge on any atom is -0.419 e. The first-order chi connectivity index (χ1) is 10.6. The summed E-state index contributed by atoms with van der Waals surface area (Å²) in [6.45, 7) is 3.43. The quantitative estimate of drug-likeness (QED) is 0.579. The van der Waals surface area contributed by atoms with Crippen molar-refractivity contribution in [1.82, 2.24) is 9.88 Å². The Hall–Kier alpha value is -1.69. The molecule has 2 bridgehead atoms. The maximum Gasteiger partial charge on any atom is 0.415 e. The molecule has 1 aromatic heterocycles. The maximum atomic E-state index is 14.2. The van der Waals surface area contributed by atoms with Crippen molar-refractivity contribution in [3.05, 3.63) is 47.2 Å². The number of rotatable bonds is 2. The molecule has 6 heteroatoms. The van der Waals surface area contributed by atoms with Crippen LogP contribution in [0.5, 0.6) is 0 Å². The molecule has 0 N–H and O–H groups in total. The third kappa shape index (κ3) is 2.67. The number of ether oxygens (including phenoxy) is 1. The average Bonchev–Trinajstić information content (AvgIpc) is 2.79. The highest BCUT2D eigenvalue weighted by Crippen LogP contribution is 2.40. The minimum absolute atomic E-state index is 0.134. The molecule has 0 aliphatic carbocycles. The van der Waals surface area contributed by atoms with Gasteiger partial charge in [0.05, 0.1) is 12.3 Å². The summed E-state index contributed by atoms with van der Waals surface area (Å²) in [5, 5.41) is 0. The number of aromatic nitrogens is 1. The number of fused-ring (bicyclic) bond motifs is 2. The molecule has 3 heterocycles. The Morgan fingerprint density at radius 3 is 3.09 bits per heavy atom. The van der Waals surface area contributed by atoms with E-state index in [9.17, 15) is 9.18 Å². The molecule has 2 aliphatic heterocycles. The standard InChI is InChI=1S/C16H16BrFN2O2/c1-2-22-16(21)20-11-4-3-5-12(14(20)7-6-11)13-8-10(17)9-19-15(13)18/h2,5,8-9,11,14H,1,3-4,6-7H2/t11-,14-/m1/s1. The zero-order chi connectivity index (χ0) is 15.7. The van der Waals surface area contributed by atoms with E-state index in [1.54, 1.807) is 11.0 Å². The Labute approximate surface area is 136 Å². The van der Waals surface area contributed by atoms with Gasteiger partial charge in [-0.1, -0.05) is 12.7 Å². The maximum absolute atomic E-state index is 14.2. The molecule has 4 nitrogen and oxygen atoms in total. The normalized spacial score (nSPS) is 23.7. The number of carbonyl (C=O) groups is 1. The second kappa shape index (κ2) is 6.20. The molecular formula is C16H16BrFN2O2. The molecule has 0 unspecified atom stereocenters. The van der Waals surface area contributed by atoms with E-state index in [0.29, 0.717) is 10.0 Å². The molecule has 1 aromatic rings. The average molecular weight is 367 g/mol. The van der Waals surface area contributed by atoms with Gasteiger partial charge in [-0.15, -0.1) is 0 Å². The molecule has 0 saturated carbocycles. The lowest BCUT2D eigenvalue weighted by atomic mass is 9.95. The van der Waals surface area contributed by atoms with E-state index in [0.717, 1.165) is 37.5 Å². The second-order valence-electron chi connectivity index (χ2n) is 5.43. The van der Waals surface area contributed by atoms with Crippen LogP contribution in [-0.2, 0) is 4.74 Å². The Balaban J connectivity index is 2.00. The minimum atomic E-state index is -0.517. The van der Waals surface area contributed by atoms with Gasteiger partial charge in [-0.2, -0.15) is 4.39 Å². The number of pyridine rings is 1. The van der Waals surface area contributed by atoms with Crippen molar-refractivity contribution in [2.75, 3.05) is 0 Å². The first kappa shape index (κ1) is 15.2. The van der Waals surface area contributed by atoms with Crippen molar-refractivity contribution in [3.8, 4) is 0 Å². The molecule has 2 aliphatic rings. The highest BCUT2D eigenvalue weighted by Gasteiger charge is 2.41. The summed E-state index contributed by atoms with van der Waals surface area (Å²) in [6.07, 6.45) is 7.53. The van der Waals surface area contributed by atoms with Gasteiger partial charge in [0.15, 0.2) is 0 Å². The van der Waals surface area contributed by atoms with Gasteiger partial charge in [0.25, 0.3) is 0 Å². The number of hydrogen-bond acceptors (Lipinski definition) is 3. The van der Waals surface area contributed by atoms with Crippen LogP contribution in [0.1, 0.15) is 31.2 Å². The van der Waals surface area contributed by atoms with Crippen molar-refractivity contribution < 1.29 is 13.9 Å². The van der Waals surface area contributed by atoms with E-state index in [1.165, 1.54) is 6.20 Å². The van der Waals surface area contributed by atoms with E-state index >= 15 is 0 Å². The molecule has 0 radical (unpaired) electrons.